The van der Waals surface area contributed by atoms with Crippen LogP contribution in [0.4, 0.5) is 9.59 Å². The Labute approximate surface area is 178 Å². The Balaban J connectivity index is 1.45. The van der Waals surface area contributed by atoms with Crippen molar-refractivity contribution in [3.63, 3.8) is 0 Å². The lowest BCUT2D eigenvalue weighted by Gasteiger charge is -2.41. The Hall–Kier alpha value is -2.57. The summed E-state index contributed by atoms with van der Waals surface area (Å²) in [6, 6.07) is 8.03. The largest absolute Gasteiger partial charge is 0.444 e. The fourth-order valence-corrected chi connectivity index (χ4v) is 4.03. The van der Waals surface area contributed by atoms with Gasteiger partial charge in [0.25, 0.3) is 0 Å². The predicted octanol–water partition coefficient (Wildman–Crippen LogP) is 3.50. The maximum Gasteiger partial charge on any atom is 0.407 e. The van der Waals surface area contributed by atoms with E-state index in [2.05, 4.69) is 11.4 Å². The summed E-state index contributed by atoms with van der Waals surface area (Å²) in [6.45, 7) is 9.05. The number of carbonyl (C=O) groups excluding carboxylic acids is 3. The zero-order valence-corrected chi connectivity index (χ0v) is 18.4. The molecule has 7 heteroatoms. The molecule has 1 aromatic carbocycles. The fraction of sp³-hybridized carbons (Fsp3) is 0.609. The van der Waals surface area contributed by atoms with E-state index in [9.17, 15) is 14.4 Å². The first-order valence-electron chi connectivity index (χ1n) is 10.7. The lowest BCUT2D eigenvalue weighted by atomic mass is 9.80. The SMILES string of the molecule is Cc1cccc(CCN2C(=O)CCN(CC3CC(NC(=O)OC(C)(C)C)C3)C2=O)c1. The fourth-order valence-electron chi connectivity index (χ4n) is 4.03. The Bertz CT molecular complexity index is 796. The zero-order chi connectivity index (χ0) is 21.9. The van der Waals surface area contributed by atoms with E-state index in [4.69, 9.17) is 4.74 Å². The molecule has 1 aliphatic carbocycles. The van der Waals surface area contributed by atoms with Gasteiger partial charge in [0.15, 0.2) is 0 Å². The Morgan fingerprint density at radius 1 is 1.23 bits per heavy atom. The van der Waals surface area contributed by atoms with Crippen molar-refractivity contribution in [1.29, 1.82) is 0 Å². The molecule has 0 unspecified atom stereocenters. The minimum atomic E-state index is -0.512. The van der Waals surface area contributed by atoms with Crippen molar-refractivity contribution in [2.24, 2.45) is 5.92 Å². The van der Waals surface area contributed by atoms with Gasteiger partial charge in [-0.1, -0.05) is 29.8 Å². The first-order chi connectivity index (χ1) is 14.1. The molecule has 2 fully saturated rings. The van der Waals surface area contributed by atoms with Gasteiger partial charge in [-0.25, -0.2) is 9.59 Å². The number of nitrogens with zero attached hydrogens (tertiary/aromatic N) is 2. The number of urea groups is 1. The molecule has 0 spiro atoms. The first-order valence-corrected chi connectivity index (χ1v) is 10.7. The van der Waals surface area contributed by atoms with Crippen LogP contribution in [0.2, 0.25) is 0 Å². The van der Waals surface area contributed by atoms with Gasteiger partial charge in [0.05, 0.1) is 0 Å². The van der Waals surface area contributed by atoms with Gasteiger partial charge in [0.1, 0.15) is 5.60 Å². The summed E-state index contributed by atoms with van der Waals surface area (Å²) in [5.41, 5.74) is 1.79. The molecule has 1 aromatic rings. The molecule has 0 radical (unpaired) electrons. The van der Waals surface area contributed by atoms with Crippen molar-refractivity contribution in [2.75, 3.05) is 19.6 Å². The number of ether oxygens (including phenoxy) is 1. The summed E-state index contributed by atoms with van der Waals surface area (Å²) in [6.07, 6.45) is 2.28. The van der Waals surface area contributed by atoms with Crippen LogP contribution < -0.4 is 5.32 Å². The number of amides is 4. The van der Waals surface area contributed by atoms with Crippen molar-refractivity contribution in [2.45, 2.75) is 65.0 Å². The van der Waals surface area contributed by atoms with Crippen molar-refractivity contribution < 1.29 is 19.1 Å². The molecule has 0 aromatic heterocycles. The number of rotatable bonds is 6. The van der Waals surface area contributed by atoms with Crippen LogP contribution in [0.1, 0.15) is 51.2 Å². The molecule has 1 saturated heterocycles. The average Bonchev–Trinajstić information content (AvgIpc) is 2.60. The van der Waals surface area contributed by atoms with Crippen LogP contribution in [-0.2, 0) is 16.0 Å². The van der Waals surface area contributed by atoms with Gasteiger partial charge in [-0.15, -0.1) is 0 Å². The van der Waals surface area contributed by atoms with Crippen LogP contribution in [0, 0.1) is 12.8 Å². The number of hydrogen-bond donors (Lipinski definition) is 1. The second kappa shape index (κ2) is 9.06. The molecule has 1 aliphatic heterocycles. The molecular weight excluding hydrogens is 382 g/mol. The number of hydrogen-bond acceptors (Lipinski definition) is 4. The van der Waals surface area contributed by atoms with E-state index in [1.807, 2.05) is 45.9 Å². The molecule has 4 amide bonds. The highest BCUT2D eigenvalue weighted by molar-refractivity contribution is 5.96. The van der Waals surface area contributed by atoms with Crippen LogP contribution in [0.3, 0.4) is 0 Å². The first kappa shape index (κ1) is 22.1. The van der Waals surface area contributed by atoms with Crippen LogP contribution in [0.5, 0.6) is 0 Å². The maximum atomic E-state index is 12.9. The standard InChI is InChI=1S/C23H33N3O4/c1-16-6-5-7-17(12-16)8-11-26-20(27)9-10-25(22(26)29)15-18-13-19(14-18)24-21(28)30-23(2,3)4/h5-7,12,18-19H,8-11,13-15H2,1-4H3,(H,24,28). The number of alkyl carbamates (subject to hydrolysis) is 1. The Kier molecular flexibility index (Phi) is 6.68. The molecule has 1 saturated carbocycles. The quantitative estimate of drug-likeness (QED) is 0.771. The zero-order valence-electron chi connectivity index (χ0n) is 18.4. The third-order valence-electron chi connectivity index (χ3n) is 5.54. The molecule has 1 heterocycles. The normalized spacial score (nSPS) is 22.0. The summed E-state index contributed by atoms with van der Waals surface area (Å²) in [7, 11) is 0. The highest BCUT2D eigenvalue weighted by Crippen LogP contribution is 2.29. The second-order valence-corrected chi connectivity index (χ2v) is 9.44. The molecular formula is C23H33N3O4. The van der Waals surface area contributed by atoms with Gasteiger partial charge < -0.3 is 15.0 Å². The van der Waals surface area contributed by atoms with E-state index in [0.717, 1.165) is 18.4 Å². The van der Waals surface area contributed by atoms with Crippen molar-refractivity contribution in [1.82, 2.24) is 15.1 Å². The van der Waals surface area contributed by atoms with Crippen LogP contribution in [-0.4, -0.2) is 59.1 Å². The molecule has 30 heavy (non-hydrogen) atoms. The van der Waals surface area contributed by atoms with E-state index in [1.54, 1.807) is 4.90 Å². The minimum absolute atomic E-state index is 0.0868. The Morgan fingerprint density at radius 3 is 2.63 bits per heavy atom. The van der Waals surface area contributed by atoms with E-state index in [-0.39, 0.29) is 18.0 Å². The van der Waals surface area contributed by atoms with Gasteiger partial charge in [-0.3, -0.25) is 9.69 Å². The van der Waals surface area contributed by atoms with Gasteiger partial charge >= 0.3 is 12.1 Å². The molecule has 3 rings (SSSR count). The topological polar surface area (TPSA) is 79.0 Å². The molecule has 2 aliphatic rings. The summed E-state index contributed by atoms with van der Waals surface area (Å²) in [4.78, 5) is 40.2. The minimum Gasteiger partial charge on any atom is -0.444 e. The Morgan fingerprint density at radius 2 is 1.97 bits per heavy atom. The lowest BCUT2D eigenvalue weighted by molar-refractivity contribution is -0.131. The summed E-state index contributed by atoms with van der Waals surface area (Å²) >= 11 is 0. The highest BCUT2D eigenvalue weighted by Gasteiger charge is 2.37. The second-order valence-electron chi connectivity index (χ2n) is 9.44. The predicted molar refractivity (Wildman–Crippen MR) is 114 cm³/mol. The monoisotopic (exact) mass is 415 g/mol. The lowest BCUT2D eigenvalue weighted by Crippen LogP contribution is -2.56. The van der Waals surface area contributed by atoms with Crippen molar-refractivity contribution in [3.8, 4) is 0 Å². The maximum absolute atomic E-state index is 12.9. The third-order valence-corrected chi connectivity index (χ3v) is 5.54. The molecule has 164 valence electrons. The number of carbonyl (C=O) groups is 3. The van der Waals surface area contributed by atoms with Gasteiger partial charge in [-0.2, -0.15) is 0 Å². The van der Waals surface area contributed by atoms with Gasteiger partial charge in [0, 0.05) is 32.1 Å². The summed E-state index contributed by atoms with van der Waals surface area (Å²) in [5.74, 6) is 0.239. The van der Waals surface area contributed by atoms with Crippen LogP contribution in [0.25, 0.3) is 0 Å². The van der Waals surface area contributed by atoms with Gasteiger partial charge in [-0.05, 0) is 58.4 Å². The smallest absolute Gasteiger partial charge is 0.407 e. The van der Waals surface area contributed by atoms with Crippen molar-refractivity contribution >= 4 is 18.0 Å². The number of nitrogens with one attached hydrogen (secondary N) is 1. The number of imide groups is 1. The third kappa shape index (κ3) is 5.97. The average molecular weight is 416 g/mol. The van der Waals surface area contributed by atoms with E-state index in [1.165, 1.54) is 10.5 Å². The van der Waals surface area contributed by atoms with Crippen LogP contribution in [0.15, 0.2) is 24.3 Å². The van der Waals surface area contributed by atoms with Gasteiger partial charge in [0.2, 0.25) is 5.91 Å². The van der Waals surface area contributed by atoms with E-state index in [0.29, 0.717) is 38.4 Å². The van der Waals surface area contributed by atoms with Crippen molar-refractivity contribution in [3.05, 3.63) is 35.4 Å². The van der Waals surface area contributed by atoms with E-state index < -0.39 is 11.7 Å². The highest BCUT2D eigenvalue weighted by atomic mass is 16.6. The number of benzene rings is 1. The molecule has 7 nitrogen and oxygen atoms in total. The number of aryl methyl sites for hydroxylation is 1. The van der Waals surface area contributed by atoms with Crippen LogP contribution >= 0.6 is 0 Å². The summed E-state index contributed by atoms with van der Waals surface area (Å²) in [5, 5.41) is 2.88. The summed E-state index contributed by atoms with van der Waals surface area (Å²) < 4.78 is 5.28. The molecule has 1 N–H and O–H groups in total. The van der Waals surface area contributed by atoms with E-state index >= 15 is 0 Å². The molecule has 0 bridgehead atoms. The molecule has 0 atom stereocenters.